The van der Waals surface area contributed by atoms with Gasteiger partial charge in [0.15, 0.2) is 0 Å². The lowest BCUT2D eigenvalue weighted by molar-refractivity contribution is 0.294. The first-order valence-electron chi connectivity index (χ1n) is 8.37. The van der Waals surface area contributed by atoms with Crippen LogP contribution in [0, 0.1) is 13.8 Å². The molecule has 0 aliphatic carbocycles. The molecule has 4 heteroatoms. The molecule has 0 atom stereocenters. The van der Waals surface area contributed by atoms with Crippen molar-refractivity contribution in [3.8, 4) is 11.5 Å². The Balaban J connectivity index is 1.98. The summed E-state index contributed by atoms with van der Waals surface area (Å²) >= 11 is 0. The largest absolute Gasteiger partial charge is 0.496 e. The first kappa shape index (κ1) is 17.1. The molecule has 0 amide bonds. The summed E-state index contributed by atoms with van der Waals surface area (Å²) in [5.41, 5.74) is 3.83. The van der Waals surface area contributed by atoms with Crippen molar-refractivity contribution >= 4 is 11.0 Å². The van der Waals surface area contributed by atoms with Crippen LogP contribution in [0.2, 0.25) is 0 Å². The van der Waals surface area contributed by atoms with Gasteiger partial charge in [-0.15, -0.1) is 0 Å². The smallest absolute Gasteiger partial charge is 0.339 e. The number of fused-ring (bicyclic) bond motifs is 1. The molecular formula is C21H22O4. The SMILES string of the molecule is CCc1c(C)c2ccc(OCc3ccccc3OC)c(C)c2oc1=O. The molecule has 1 heterocycles. The lowest BCUT2D eigenvalue weighted by atomic mass is 10.0. The van der Waals surface area contributed by atoms with Crippen molar-refractivity contribution in [1.82, 2.24) is 0 Å². The fourth-order valence-electron chi connectivity index (χ4n) is 3.11. The van der Waals surface area contributed by atoms with Gasteiger partial charge in [0.2, 0.25) is 0 Å². The maximum atomic E-state index is 12.2. The van der Waals surface area contributed by atoms with Crippen LogP contribution in [-0.2, 0) is 13.0 Å². The first-order chi connectivity index (χ1) is 12.1. The number of benzene rings is 2. The van der Waals surface area contributed by atoms with Gasteiger partial charge >= 0.3 is 5.63 Å². The van der Waals surface area contributed by atoms with E-state index in [2.05, 4.69) is 0 Å². The standard InChI is InChI=1S/C21H22O4/c1-5-16-13(2)17-10-11-18(14(3)20(17)25-21(16)22)24-12-15-8-6-7-9-19(15)23-4/h6-11H,5,12H2,1-4H3. The van der Waals surface area contributed by atoms with E-state index >= 15 is 0 Å². The Labute approximate surface area is 147 Å². The molecule has 0 radical (unpaired) electrons. The minimum atomic E-state index is -0.266. The molecule has 25 heavy (non-hydrogen) atoms. The molecule has 2 aromatic carbocycles. The Morgan fingerprint density at radius 1 is 1.00 bits per heavy atom. The second-order valence-corrected chi connectivity index (χ2v) is 6.01. The molecule has 0 fully saturated rings. The van der Waals surface area contributed by atoms with Crippen LogP contribution < -0.4 is 15.1 Å². The molecule has 130 valence electrons. The molecule has 1 aromatic heterocycles. The number of hydrogen-bond acceptors (Lipinski definition) is 4. The molecule has 0 saturated carbocycles. The van der Waals surface area contributed by atoms with E-state index in [1.165, 1.54) is 0 Å². The summed E-state index contributed by atoms with van der Waals surface area (Å²) in [6.07, 6.45) is 0.662. The summed E-state index contributed by atoms with van der Waals surface area (Å²) in [5.74, 6) is 1.49. The molecule has 0 N–H and O–H groups in total. The fraction of sp³-hybridized carbons (Fsp3) is 0.286. The number of methoxy groups -OCH3 is 1. The van der Waals surface area contributed by atoms with Crippen molar-refractivity contribution in [3.63, 3.8) is 0 Å². The zero-order chi connectivity index (χ0) is 18.0. The topological polar surface area (TPSA) is 48.7 Å². The Bertz CT molecular complexity index is 970. The molecule has 3 rings (SSSR count). The molecule has 0 aliphatic rings. The van der Waals surface area contributed by atoms with E-state index < -0.39 is 0 Å². The highest BCUT2D eigenvalue weighted by Gasteiger charge is 2.14. The number of para-hydroxylation sites is 1. The van der Waals surface area contributed by atoms with Gasteiger partial charge in [0.1, 0.15) is 23.7 Å². The van der Waals surface area contributed by atoms with Crippen LogP contribution in [0.3, 0.4) is 0 Å². The summed E-state index contributed by atoms with van der Waals surface area (Å²) in [5, 5.41) is 0.957. The minimum absolute atomic E-state index is 0.266. The van der Waals surface area contributed by atoms with Crippen LogP contribution in [-0.4, -0.2) is 7.11 Å². The van der Waals surface area contributed by atoms with Crippen LogP contribution >= 0.6 is 0 Å². The van der Waals surface area contributed by atoms with Gasteiger partial charge in [-0.3, -0.25) is 0 Å². The quantitative estimate of drug-likeness (QED) is 0.640. The van der Waals surface area contributed by atoms with E-state index in [1.807, 2.05) is 57.2 Å². The molecule has 3 aromatic rings. The highest BCUT2D eigenvalue weighted by Crippen LogP contribution is 2.30. The number of rotatable bonds is 5. The summed E-state index contributed by atoms with van der Waals surface area (Å²) in [4.78, 5) is 12.2. The number of aryl methyl sites for hydroxylation is 2. The predicted octanol–water partition coefficient (Wildman–Crippen LogP) is 4.56. The highest BCUT2D eigenvalue weighted by atomic mass is 16.5. The van der Waals surface area contributed by atoms with Gasteiger partial charge in [0, 0.05) is 22.1 Å². The van der Waals surface area contributed by atoms with Gasteiger partial charge in [-0.05, 0) is 44.0 Å². The maximum Gasteiger partial charge on any atom is 0.339 e. The van der Waals surface area contributed by atoms with E-state index in [4.69, 9.17) is 13.9 Å². The average molecular weight is 338 g/mol. The van der Waals surface area contributed by atoms with Crippen molar-refractivity contribution < 1.29 is 13.9 Å². The van der Waals surface area contributed by atoms with Crippen LogP contribution in [0.25, 0.3) is 11.0 Å². The lowest BCUT2D eigenvalue weighted by Crippen LogP contribution is -2.10. The van der Waals surface area contributed by atoms with Crippen LogP contribution in [0.5, 0.6) is 11.5 Å². The second kappa shape index (κ2) is 7.01. The zero-order valence-electron chi connectivity index (χ0n) is 15.0. The van der Waals surface area contributed by atoms with Crippen molar-refractivity contribution in [2.75, 3.05) is 7.11 Å². The third kappa shape index (κ3) is 3.12. The molecular weight excluding hydrogens is 316 g/mol. The van der Waals surface area contributed by atoms with E-state index in [1.54, 1.807) is 7.11 Å². The van der Waals surface area contributed by atoms with E-state index in [0.29, 0.717) is 24.4 Å². The Morgan fingerprint density at radius 3 is 2.48 bits per heavy atom. The molecule has 0 unspecified atom stereocenters. The third-order valence-corrected chi connectivity index (χ3v) is 4.58. The van der Waals surface area contributed by atoms with E-state index in [0.717, 1.165) is 33.4 Å². The number of hydrogen-bond donors (Lipinski definition) is 0. The zero-order valence-corrected chi connectivity index (χ0v) is 15.0. The van der Waals surface area contributed by atoms with Crippen LogP contribution in [0.15, 0.2) is 45.6 Å². The Hall–Kier alpha value is -2.75. The molecule has 4 nitrogen and oxygen atoms in total. The normalized spacial score (nSPS) is 10.9. The van der Waals surface area contributed by atoms with Crippen molar-refractivity contribution in [1.29, 1.82) is 0 Å². The lowest BCUT2D eigenvalue weighted by Gasteiger charge is -2.14. The molecule has 0 aliphatic heterocycles. The van der Waals surface area contributed by atoms with Gasteiger partial charge in [0.25, 0.3) is 0 Å². The van der Waals surface area contributed by atoms with E-state index in [-0.39, 0.29) is 5.63 Å². The van der Waals surface area contributed by atoms with Gasteiger partial charge < -0.3 is 13.9 Å². The summed E-state index contributed by atoms with van der Waals surface area (Å²) in [7, 11) is 1.64. The van der Waals surface area contributed by atoms with Crippen LogP contribution in [0.4, 0.5) is 0 Å². The Morgan fingerprint density at radius 2 is 1.76 bits per heavy atom. The van der Waals surface area contributed by atoms with Crippen molar-refractivity contribution in [3.05, 3.63) is 69.1 Å². The maximum absolute atomic E-state index is 12.2. The second-order valence-electron chi connectivity index (χ2n) is 6.01. The van der Waals surface area contributed by atoms with Gasteiger partial charge in [-0.1, -0.05) is 25.1 Å². The first-order valence-corrected chi connectivity index (χ1v) is 8.37. The average Bonchev–Trinajstić information content (AvgIpc) is 2.62. The molecule has 0 spiro atoms. The molecule has 0 bridgehead atoms. The Kier molecular flexibility index (Phi) is 4.79. The van der Waals surface area contributed by atoms with Gasteiger partial charge in [0.05, 0.1) is 7.11 Å². The van der Waals surface area contributed by atoms with Crippen molar-refractivity contribution in [2.24, 2.45) is 0 Å². The predicted molar refractivity (Wildman–Crippen MR) is 98.7 cm³/mol. The van der Waals surface area contributed by atoms with Crippen molar-refractivity contribution in [2.45, 2.75) is 33.8 Å². The van der Waals surface area contributed by atoms with Gasteiger partial charge in [-0.2, -0.15) is 0 Å². The summed E-state index contributed by atoms with van der Waals surface area (Å²) < 4.78 is 16.9. The minimum Gasteiger partial charge on any atom is -0.496 e. The fourth-order valence-corrected chi connectivity index (χ4v) is 3.11. The van der Waals surface area contributed by atoms with E-state index in [9.17, 15) is 4.79 Å². The molecule has 0 saturated heterocycles. The highest BCUT2D eigenvalue weighted by molar-refractivity contribution is 5.85. The number of ether oxygens (including phenoxy) is 2. The summed E-state index contributed by atoms with van der Waals surface area (Å²) in [6.45, 7) is 6.22. The monoisotopic (exact) mass is 338 g/mol. The van der Waals surface area contributed by atoms with Gasteiger partial charge in [-0.25, -0.2) is 4.79 Å². The van der Waals surface area contributed by atoms with Crippen LogP contribution in [0.1, 0.15) is 29.2 Å². The third-order valence-electron chi connectivity index (χ3n) is 4.58. The summed E-state index contributed by atoms with van der Waals surface area (Å²) in [6, 6.07) is 11.6.